The molecule has 1 aliphatic heterocycles. The van der Waals surface area contributed by atoms with Crippen molar-refractivity contribution in [3.63, 3.8) is 0 Å². The minimum Gasteiger partial charge on any atom is -0.378 e. The van der Waals surface area contributed by atoms with E-state index in [0.717, 1.165) is 19.3 Å². The number of ether oxygens (including phenoxy) is 1. The molecule has 0 unspecified atom stereocenters. The molecule has 0 radical (unpaired) electrons. The van der Waals surface area contributed by atoms with Crippen molar-refractivity contribution in [3.8, 4) is 0 Å². The minimum absolute atomic E-state index is 0.0752. The summed E-state index contributed by atoms with van der Waals surface area (Å²) in [6, 6.07) is 0. The molecule has 3 N–H and O–H groups in total. The van der Waals surface area contributed by atoms with E-state index in [1.807, 2.05) is 18.7 Å². The van der Waals surface area contributed by atoms with Gasteiger partial charge in [0.25, 0.3) is 0 Å². The van der Waals surface area contributed by atoms with Gasteiger partial charge in [-0.2, -0.15) is 15.0 Å². The van der Waals surface area contributed by atoms with E-state index in [1.165, 1.54) is 0 Å². The Morgan fingerprint density at radius 1 is 1.27 bits per heavy atom. The van der Waals surface area contributed by atoms with E-state index in [0.29, 0.717) is 56.0 Å². The Morgan fingerprint density at radius 3 is 2.63 bits per heavy atom. The van der Waals surface area contributed by atoms with E-state index in [2.05, 4.69) is 32.7 Å². The first-order valence-corrected chi connectivity index (χ1v) is 10.5. The van der Waals surface area contributed by atoms with Crippen LogP contribution in [0.5, 0.6) is 0 Å². The van der Waals surface area contributed by atoms with Gasteiger partial charge in [0.15, 0.2) is 0 Å². The van der Waals surface area contributed by atoms with Gasteiger partial charge in [-0.05, 0) is 6.42 Å². The van der Waals surface area contributed by atoms with Crippen LogP contribution in [0.25, 0.3) is 0 Å². The number of hydrazine groups is 1. The molecule has 1 aromatic rings. The lowest BCUT2D eigenvalue weighted by molar-refractivity contribution is -0.154. The first-order chi connectivity index (χ1) is 14.4. The molecule has 2 rings (SSSR count). The van der Waals surface area contributed by atoms with E-state index in [4.69, 9.17) is 4.74 Å². The average molecular weight is 424 g/mol. The molecule has 1 saturated heterocycles. The Labute approximate surface area is 177 Å². The summed E-state index contributed by atoms with van der Waals surface area (Å²) >= 11 is 0. The Kier molecular flexibility index (Phi) is 9.68. The van der Waals surface area contributed by atoms with Crippen molar-refractivity contribution in [1.29, 1.82) is 0 Å². The molecule has 11 heteroatoms. The Balaban J connectivity index is 2.07. The van der Waals surface area contributed by atoms with Crippen LogP contribution < -0.4 is 15.8 Å². The van der Waals surface area contributed by atoms with Crippen LogP contribution in [0.15, 0.2) is 0 Å². The molecule has 30 heavy (non-hydrogen) atoms. The van der Waals surface area contributed by atoms with Gasteiger partial charge >= 0.3 is 0 Å². The second-order valence-electron chi connectivity index (χ2n) is 7.61. The lowest BCUT2D eigenvalue weighted by atomic mass is 10.0. The van der Waals surface area contributed by atoms with Gasteiger partial charge in [0, 0.05) is 19.0 Å². The molecule has 0 bridgehead atoms. The number of nitrogens with one attached hydrogen (secondary N) is 2. The number of carbonyl (C=O) groups excluding carboxylic acids is 2. The molecule has 1 aromatic heterocycles. The Morgan fingerprint density at radius 2 is 2.00 bits per heavy atom. The highest BCUT2D eigenvalue weighted by Crippen LogP contribution is 2.17. The van der Waals surface area contributed by atoms with Gasteiger partial charge < -0.3 is 9.64 Å². The van der Waals surface area contributed by atoms with E-state index in [-0.39, 0.29) is 24.3 Å². The zero-order chi connectivity index (χ0) is 21.9. The zero-order valence-electron chi connectivity index (χ0n) is 18.0. The standard InChI is InChI=1S/C19H33N7O4/c1-4-5-6-7-15(12-26(29)13-27)17(28)23-24-18-20-16(14(2)3)21-19(22-18)25-8-10-30-11-9-25/h13-15,29H,4-12H2,1-3H3,(H,23,28)(H,20,21,22,24)/t15-/m1/s1. The predicted molar refractivity (Wildman–Crippen MR) is 111 cm³/mol. The first-order valence-electron chi connectivity index (χ1n) is 10.5. The molecular formula is C19H33N7O4. The fraction of sp³-hybridized carbons (Fsp3) is 0.737. The van der Waals surface area contributed by atoms with Crippen LogP contribution >= 0.6 is 0 Å². The number of morpholine rings is 1. The van der Waals surface area contributed by atoms with Gasteiger partial charge in [0.05, 0.1) is 25.7 Å². The fourth-order valence-electron chi connectivity index (χ4n) is 3.03. The third-order valence-electron chi connectivity index (χ3n) is 4.80. The Hall–Kier alpha value is -2.53. The highest BCUT2D eigenvalue weighted by molar-refractivity contribution is 5.80. The van der Waals surface area contributed by atoms with Gasteiger partial charge in [-0.1, -0.05) is 40.0 Å². The number of amides is 2. The second kappa shape index (κ2) is 12.2. The van der Waals surface area contributed by atoms with Crippen LogP contribution in [-0.4, -0.2) is 70.4 Å². The van der Waals surface area contributed by atoms with Crippen molar-refractivity contribution < 1.29 is 19.5 Å². The van der Waals surface area contributed by atoms with Crippen molar-refractivity contribution in [2.45, 2.75) is 52.4 Å². The number of nitrogens with zero attached hydrogens (tertiary/aromatic N) is 5. The van der Waals surface area contributed by atoms with E-state index < -0.39 is 5.92 Å². The molecular weight excluding hydrogens is 390 g/mol. The summed E-state index contributed by atoms with van der Waals surface area (Å²) in [5.74, 6) is 0.588. The van der Waals surface area contributed by atoms with Crippen LogP contribution in [0, 0.1) is 5.92 Å². The number of carbonyl (C=O) groups is 2. The maximum absolute atomic E-state index is 12.6. The monoisotopic (exact) mass is 423 g/mol. The number of aromatic nitrogens is 3. The SMILES string of the molecule is CCCCC[C@H](CN(O)C=O)C(=O)NNc1nc(C(C)C)nc(N2CCOCC2)n1. The van der Waals surface area contributed by atoms with Crippen molar-refractivity contribution in [1.82, 2.24) is 25.4 Å². The summed E-state index contributed by atoms with van der Waals surface area (Å²) in [4.78, 5) is 38.8. The highest BCUT2D eigenvalue weighted by atomic mass is 16.5. The molecule has 1 aliphatic rings. The van der Waals surface area contributed by atoms with E-state index in [9.17, 15) is 14.8 Å². The van der Waals surface area contributed by atoms with Crippen molar-refractivity contribution in [3.05, 3.63) is 5.82 Å². The van der Waals surface area contributed by atoms with Crippen molar-refractivity contribution >= 4 is 24.2 Å². The van der Waals surface area contributed by atoms with Gasteiger partial charge in [-0.15, -0.1) is 0 Å². The zero-order valence-corrected chi connectivity index (χ0v) is 18.0. The Bertz CT molecular complexity index is 683. The van der Waals surface area contributed by atoms with Gasteiger partial charge in [-0.25, -0.2) is 5.06 Å². The molecule has 1 atom stereocenters. The first kappa shape index (κ1) is 23.7. The molecule has 11 nitrogen and oxygen atoms in total. The molecule has 2 amide bonds. The predicted octanol–water partition coefficient (Wildman–Crippen LogP) is 1.32. The normalized spacial score (nSPS) is 15.0. The van der Waals surface area contributed by atoms with Crippen molar-refractivity contribution in [2.24, 2.45) is 5.92 Å². The fourth-order valence-corrected chi connectivity index (χ4v) is 3.03. The molecule has 2 heterocycles. The number of hydrogen-bond donors (Lipinski definition) is 3. The maximum Gasteiger partial charge on any atom is 0.246 e. The third kappa shape index (κ3) is 7.38. The molecule has 0 aliphatic carbocycles. The third-order valence-corrected chi connectivity index (χ3v) is 4.80. The maximum atomic E-state index is 12.6. The molecule has 168 valence electrons. The van der Waals surface area contributed by atoms with Gasteiger partial charge in [-0.3, -0.25) is 25.6 Å². The smallest absolute Gasteiger partial charge is 0.246 e. The highest BCUT2D eigenvalue weighted by Gasteiger charge is 2.22. The largest absolute Gasteiger partial charge is 0.378 e. The summed E-state index contributed by atoms with van der Waals surface area (Å²) in [6.45, 7) is 8.55. The number of unbranched alkanes of at least 4 members (excludes halogenated alkanes) is 2. The van der Waals surface area contributed by atoms with Gasteiger partial charge in [0.2, 0.25) is 24.2 Å². The lowest BCUT2D eigenvalue weighted by Gasteiger charge is -2.27. The molecule has 0 aromatic carbocycles. The van der Waals surface area contributed by atoms with Crippen LogP contribution in [-0.2, 0) is 14.3 Å². The number of rotatable bonds is 12. The second-order valence-corrected chi connectivity index (χ2v) is 7.61. The average Bonchev–Trinajstić information content (AvgIpc) is 2.77. The van der Waals surface area contributed by atoms with Crippen LogP contribution in [0.1, 0.15) is 58.2 Å². The van der Waals surface area contributed by atoms with Crippen molar-refractivity contribution in [2.75, 3.05) is 43.2 Å². The number of hydroxylamine groups is 2. The number of anilines is 2. The summed E-state index contributed by atoms with van der Waals surface area (Å²) in [6.07, 6.45) is 3.66. The van der Waals surface area contributed by atoms with E-state index >= 15 is 0 Å². The van der Waals surface area contributed by atoms with E-state index in [1.54, 1.807) is 0 Å². The molecule has 0 spiro atoms. The summed E-state index contributed by atoms with van der Waals surface area (Å²) in [5, 5.41) is 10.0. The minimum atomic E-state index is -0.552. The lowest BCUT2D eigenvalue weighted by Crippen LogP contribution is -2.41. The molecule has 1 fully saturated rings. The summed E-state index contributed by atoms with van der Waals surface area (Å²) in [7, 11) is 0. The van der Waals surface area contributed by atoms with Crippen LogP contribution in [0.3, 0.4) is 0 Å². The van der Waals surface area contributed by atoms with Crippen LogP contribution in [0.4, 0.5) is 11.9 Å². The summed E-state index contributed by atoms with van der Waals surface area (Å²) in [5.41, 5.74) is 5.39. The van der Waals surface area contributed by atoms with Gasteiger partial charge in [0.1, 0.15) is 5.82 Å². The topological polar surface area (TPSA) is 133 Å². The number of hydrogen-bond acceptors (Lipinski definition) is 9. The summed E-state index contributed by atoms with van der Waals surface area (Å²) < 4.78 is 5.38. The van der Waals surface area contributed by atoms with Crippen LogP contribution in [0.2, 0.25) is 0 Å². The quantitative estimate of drug-likeness (QED) is 0.197. The molecule has 0 saturated carbocycles.